The molecule has 5 rings (SSSR count). The number of carbonyl (C=O) groups is 3. The molecule has 4 unspecified atom stereocenters. The van der Waals surface area contributed by atoms with Gasteiger partial charge in [-0.3, -0.25) is 14.4 Å². The van der Waals surface area contributed by atoms with Crippen LogP contribution in [0.25, 0.3) is 11.6 Å². The smallest absolute Gasteiger partial charge is 0.255 e. The number of Topliss-reactive ketones (excluding diaryl/α,β-unsaturated/α-hetero) is 2. The van der Waals surface area contributed by atoms with E-state index in [1.54, 1.807) is 0 Å². The topological polar surface area (TPSA) is 178 Å². The molecule has 190 valence electrons. The van der Waals surface area contributed by atoms with Crippen LogP contribution in [-0.4, -0.2) is 54.7 Å². The molecule has 11 heteroatoms. The van der Waals surface area contributed by atoms with E-state index in [1.807, 2.05) is 0 Å². The monoisotopic (exact) mass is 511 g/mol. The highest BCUT2D eigenvalue weighted by molar-refractivity contribution is 6.25. The number of nitrogens with two attached hydrogens (primary N) is 1. The quantitative estimate of drug-likeness (QED) is 0.331. The summed E-state index contributed by atoms with van der Waals surface area (Å²) >= 11 is 0. The van der Waals surface area contributed by atoms with E-state index in [2.05, 4.69) is 0 Å². The van der Waals surface area contributed by atoms with Crippen LogP contribution >= 0.6 is 0 Å². The molecule has 0 saturated heterocycles. The Hall–Kier alpha value is -4.35. The van der Waals surface area contributed by atoms with E-state index in [0.29, 0.717) is 6.07 Å². The number of rotatable bonds is 2. The van der Waals surface area contributed by atoms with Crippen LogP contribution in [0, 0.1) is 23.5 Å². The summed E-state index contributed by atoms with van der Waals surface area (Å²) in [5.41, 5.74) is 0.225. The van der Waals surface area contributed by atoms with Crippen molar-refractivity contribution >= 4 is 29.1 Å². The molecule has 0 fully saturated rings. The number of benzene rings is 2. The number of phenols is 1. The van der Waals surface area contributed by atoms with Gasteiger partial charge in [0.15, 0.2) is 11.4 Å². The molecular weight excluding hydrogens is 492 g/mol. The van der Waals surface area contributed by atoms with Crippen molar-refractivity contribution in [2.45, 2.75) is 18.1 Å². The number of amides is 1. The normalized spacial score (nSPS) is 28.2. The first-order chi connectivity index (χ1) is 17.4. The molecule has 0 radical (unpaired) electrons. The molecule has 0 spiro atoms. The van der Waals surface area contributed by atoms with E-state index in [-0.39, 0.29) is 22.3 Å². The van der Waals surface area contributed by atoms with Gasteiger partial charge in [-0.2, -0.15) is 0 Å². The van der Waals surface area contributed by atoms with Gasteiger partial charge in [0.05, 0.1) is 17.2 Å². The highest BCUT2D eigenvalue weighted by Gasteiger charge is 2.63. The van der Waals surface area contributed by atoms with Crippen molar-refractivity contribution in [2.75, 3.05) is 0 Å². The maximum absolute atomic E-state index is 13.9. The zero-order valence-corrected chi connectivity index (χ0v) is 18.8. The molecule has 3 aliphatic carbocycles. The van der Waals surface area contributed by atoms with E-state index < -0.39 is 87.5 Å². The van der Waals surface area contributed by atoms with E-state index in [0.717, 1.165) is 12.1 Å². The molecule has 37 heavy (non-hydrogen) atoms. The highest BCUT2D eigenvalue weighted by atomic mass is 19.1. The summed E-state index contributed by atoms with van der Waals surface area (Å²) in [6.07, 6.45) is -1.27. The van der Waals surface area contributed by atoms with Crippen LogP contribution < -0.4 is 5.73 Å². The van der Waals surface area contributed by atoms with Gasteiger partial charge in [-0.05, 0) is 34.9 Å². The minimum absolute atomic E-state index is 0.0264. The zero-order chi connectivity index (χ0) is 27.0. The lowest BCUT2D eigenvalue weighted by Gasteiger charge is -2.49. The molecule has 0 saturated carbocycles. The summed E-state index contributed by atoms with van der Waals surface area (Å²) in [6.45, 7) is 0. The molecule has 0 bridgehead atoms. The summed E-state index contributed by atoms with van der Waals surface area (Å²) in [4.78, 5) is 38.4. The Morgan fingerprint density at radius 1 is 1.08 bits per heavy atom. The fraction of sp³-hybridized carbons (Fsp3) is 0.192. The Balaban J connectivity index is 1.83. The Morgan fingerprint density at radius 2 is 1.73 bits per heavy atom. The standard InChI is InChI=1S/C26H19F2NO8/c27-10-4-9(5-11(28)7-10)6-13-12-2-1-3-15(30)17(12)22(33)20-18(13)21(32)14-8-16(31)19(25(29)36)23(34)26(14,37)24(20)35/h1-7,14,18,21,30-32,35,37H,8H2,(H2,29,36)/b13-6+. The van der Waals surface area contributed by atoms with Gasteiger partial charge in [0, 0.05) is 24.3 Å². The van der Waals surface area contributed by atoms with Crippen LogP contribution in [0.4, 0.5) is 8.78 Å². The van der Waals surface area contributed by atoms with Crippen molar-refractivity contribution in [3.05, 3.63) is 87.4 Å². The van der Waals surface area contributed by atoms with Crippen molar-refractivity contribution in [1.82, 2.24) is 0 Å². The van der Waals surface area contributed by atoms with Crippen molar-refractivity contribution in [1.29, 1.82) is 0 Å². The maximum atomic E-state index is 13.9. The number of fused-ring (bicyclic) bond motifs is 3. The van der Waals surface area contributed by atoms with Crippen molar-refractivity contribution in [3.8, 4) is 5.75 Å². The molecular formula is C26H19F2NO8. The largest absolute Gasteiger partial charge is 0.511 e. The third kappa shape index (κ3) is 3.31. The summed E-state index contributed by atoms with van der Waals surface area (Å²) in [6, 6.07) is 6.55. The first-order valence-electron chi connectivity index (χ1n) is 11.0. The highest BCUT2D eigenvalue weighted by Crippen LogP contribution is 2.55. The van der Waals surface area contributed by atoms with Gasteiger partial charge in [-0.1, -0.05) is 18.2 Å². The van der Waals surface area contributed by atoms with Crippen LogP contribution in [0.5, 0.6) is 5.75 Å². The maximum Gasteiger partial charge on any atom is 0.255 e. The summed E-state index contributed by atoms with van der Waals surface area (Å²) in [5.74, 6) is -11.4. The lowest BCUT2D eigenvalue weighted by atomic mass is 9.57. The number of aliphatic hydroxyl groups excluding tert-OH is 3. The number of ketones is 2. The summed E-state index contributed by atoms with van der Waals surface area (Å²) in [7, 11) is 0. The Kier molecular flexibility index (Phi) is 5.32. The number of carbonyl (C=O) groups excluding carboxylic acids is 3. The molecule has 7 N–H and O–H groups in total. The van der Waals surface area contributed by atoms with Gasteiger partial charge in [-0.15, -0.1) is 0 Å². The molecule has 2 aromatic carbocycles. The number of hydrogen-bond donors (Lipinski definition) is 6. The van der Waals surface area contributed by atoms with E-state index in [1.165, 1.54) is 24.3 Å². The number of aliphatic hydroxyl groups is 4. The van der Waals surface area contributed by atoms with Crippen molar-refractivity contribution in [2.24, 2.45) is 17.6 Å². The lowest BCUT2D eigenvalue weighted by Crippen LogP contribution is -2.62. The third-order valence-corrected chi connectivity index (χ3v) is 7.11. The number of aromatic hydroxyl groups is 1. The molecule has 0 aromatic heterocycles. The number of allylic oxidation sites excluding steroid dienone is 1. The number of hydrogen-bond acceptors (Lipinski definition) is 8. The predicted octanol–water partition coefficient (Wildman–Crippen LogP) is 1.83. The van der Waals surface area contributed by atoms with E-state index in [9.17, 15) is 48.7 Å². The number of primary amides is 1. The number of halogens is 2. The fourth-order valence-electron chi connectivity index (χ4n) is 5.52. The molecule has 0 heterocycles. The third-order valence-electron chi connectivity index (χ3n) is 7.11. The van der Waals surface area contributed by atoms with Crippen LogP contribution in [0.1, 0.15) is 27.9 Å². The van der Waals surface area contributed by atoms with Crippen LogP contribution in [0.3, 0.4) is 0 Å². The molecule has 0 aliphatic heterocycles. The lowest BCUT2D eigenvalue weighted by molar-refractivity contribution is -0.152. The molecule has 4 atom stereocenters. The molecule has 1 amide bonds. The average Bonchev–Trinajstić information content (AvgIpc) is 2.80. The zero-order valence-electron chi connectivity index (χ0n) is 18.8. The minimum atomic E-state index is -3.00. The van der Waals surface area contributed by atoms with Gasteiger partial charge in [0.2, 0.25) is 5.78 Å². The van der Waals surface area contributed by atoms with Gasteiger partial charge < -0.3 is 31.3 Å². The van der Waals surface area contributed by atoms with Gasteiger partial charge in [-0.25, -0.2) is 8.78 Å². The Morgan fingerprint density at radius 3 is 2.35 bits per heavy atom. The SMILES string of the molecule is NC(=O)C1=C(O)CC2C(O)C3C(=C(O)C2(O)C1=O)C(=O)c1c(O)cccc1/C3=C\c1cc(F)cc(F)c1. The van der Waals surface area contributed by atoms with Gasteiger partial charge >= 0.3 is 0 Å². The molecule has 9 nitrogen and oxygen atoms in total. The van der Waals surface area contributed by atoms with Crippen molar-refractivity contribution < 1.29 is 48.7 Å². The average molecular weight is 511 g/mol. The predicted molar refractivity (Wildman–Crippen MR) is 123 cm³/mol. The van der Waals surface area contributed by atoms with Crippen LogP contribution in [-0.2, 0) is 9.59 Å². The summed E-state index contributed by atoms with van der Waals surface area (Å²) < 4.78 is 27.9. The fourth-order valence-corrected chi connectivity index (χ4v) is 5.52. The molecule has 3 aliphatic rings. The first-order valence-corrected chi connectivity index (χ1v) is 11.0. The van der Waals surface area contributed by atoms with E-state index >= 15 is 0 Å². The van der Waals surface area contributed by atoms with Crippen LogP contribution in [0.2, 0.25) is 0 Å². The molecule has 2 aromatic rings. The second-order valence-electron chi connectivity index (χ2n) is 9.15. The van der Waals surface area contributed by atoms with E-state index in [4.69, 9.17) is 5.73 Å². The second-order valence-corrected chi connectivity index (χ2v) is 9.15. The van der Waals surface area contributed by atoms with Gasteiger partial charge in [0.1, 0.15) is 34.5 Å². The first kappa shape index (κ1) is 24.3. The minimum Gasteiger partial charge on any atom is -0.511 e. The van der Waals surface area contributed by atoms with Gasteiger partial charge in [0.25, 0.3) is 5.91 Å². The number of phenolic OH excluding ortho intramolecular Hbond substituents is 1. The Bertz CT molecular complexity index is 1500. The second kappa shape index (κ2) is 8.08. The Labute approximate surface area is 207 Å². The van der Waals surface area contributed by atoms with Crippen molar-refractivity contribution in [3.63, 3.8) is 0 Å². The van der Waals surface area contributed by atoms with Crippen LogP contribution in [0.15, 0.2) is 59.1 Å². The summed E-state index contributed by atoms with van der Waals surface area (Å²) in [5, 5.41) is 54.7.